The zero-order valence-corrected chi connectivity index (χ0v) is 21.7. The molecule has 35 heavy (non-hydrogen) atoms. The Balaban J connectivity index is 1.52. The van der Waals surface area contributed by atoms with E-state index in [0.717, 1.165) is 29.8 Å². The first-order chi connectivity index (χ1) is 17.0. The molecule has 0 bridgehead atoms. The van der Waals surface area contributed by atoms with Crippen LogP contribution in [0.5, 0.6) is 0 Å². The van der Waals surface area contributed by atoms with E-state index in [1.807, 2.05) is 35.2 Å². The molecule has 0 saturated carbocycles. The van der Waals surface area contributed by atoms with Gasteiger partial charge in [0, 0.05) is 28.0 Å². The van der Waals surface area contributed by atoms with Crippen LogP contribution in [0.15, 0.2) is 72.8 Å². The lowest BCUT2D eigenvalue weighted by molar-refractivity contribution is 0.247. The number of halogens is 2. The van der Waals surface area contributed by atoms with Crippen molar-refractivity contribution in [3.8, 4) is 11.1 Å². The maximum Gasteiger partial charge on any atom is 0.326 e. The number of hydrogen-bond donors (Lipinski definition) is 1. The van der Waals surface area contributed by atoms with Gasteiger partial charge >= 0.3 is 6.03 Å². The highest BCUT2D eigenvalue weighted by Crippen LogP contribution is 2.27. The summed E-state index contributed by atoms with van der Waals surface area (Å²) in [6.45, 7) is 2.94. The quantitative estimate of drug-likeness (QED) is 0.363. The number of urea groups is 1. The van der Waals surface area contributed by atoms with Gasteiger partial charge < -0.3 is 10.2 Å². The van der Waals surface area contributed by atoms with Crippen molar-refractivity contribution in [2.75, 3.05) is 36.9 Å². The van der Waals surface area contributed by atoms with Gasteiger partial charge in [0.15, 0.2) is 0 Å². The van der Waals surface area contributed by atoms with Crippen LogP contribution in [0.3, 0.4) is 0 Å². The number of carbonyl (C=O) groups is 1. The average Bonchev–Trinajstić information content (AvgIpc) is 2.83. The largest absolute Gasteiger partial charge is 0.326 e. The fourth-order valence-electron chi connectivity index (χ4n) is 4.70. The SMILES string of the molecule is CN1CCCCC(CCN(C(=O)Nc2cc(Cl)cc(Cl)c2)c2ccc(-c3ccccc3)cc2)CC1. The summed E-state index contributed by atoms with van der Waals surface area (Å²) >= 11 is 12.3. The Morgan fingerprint density at radius 2 is 1.60 bits per heavy atom. The molecule has 3 aromatic rings. The standard InChI is InChI=1S/C29H33Cl2N3O/c1-33-16-6-5-7-22(14-17-33)15-18-34(29(35)32-27-20-25(30)19-26(31)21-27)28-12-10-24(11-13-28)23-8-3-2-4-9-23/h2-4,8-13,19-22H,5-7,14-18H2,1H3,(H,32,35). The minimum Gasteiger partial charge on any atom is -0.307 e. The Morgan fingerprint density at radius 1 is 0.914 bits per heavy atom. The lowest BCUT2D eigenvalue weighted by Crippen LogP contribution is -2.37. The second-order valence-electron chi connectivity index (χ2n) is 9.40. The Bertz CT molecular complexity index is 1080. The number of hydrogen-bond acceptors (Lipinski definition) is 2. The monoisotopic (exact) mass is 509 g/mol. The number of likely N-dealkylation sites (tertiary alicyclic amines) is 1. The van der Waals surface area contributed by atoms with Gasteiger partial charge in [-0.3, -0.25) is 4.90 Å². The summed E-state index contributed by atoms with van der Waals surface area (Å²) in [5, 5.41) is 3.98. The molecule has 0 spiro atoms. The van der Waals surface area contributed by atoms with Gasteiger partial charge in [-0.05, 0) is 86.8 Å². The summed E-state index contributed by atoms with van der Waals surface area (Å²) in [5.74, 6) is 0.609. The molecule has 0 radical (unpaired) electrons. The molecule has 1 N–H and O–H groups in total. The molecule has 1 atom stereocenters. The normalized spacial score (nSPS) is 16.8. The third-order valence-electron chi connectivity index (χ3n) is 6.73. The second kappa shape index (κ2) is 12.4. The van der Waals surface area contributed by atoms with E-state index in [-0.39, 0.29) is 6.03 Å². The van der Waals surface area contributed by atoms with E-state index in [9.17, 15) is 4.79 Å². The zero-order chi connectivity index (χ0) is 24.6. The number of benzene rings is 3. The minimum atomic E-state index is -0.182. The van der Waals surface area contributed by atoms with Crippen LogP contribution in [-0.2, 0) is 0 Å². The molecule has 1 saturated heterocycles. The molecule has 0 aliphatic carbocycles. The van der Waals surface area contributed by atoms with Crippen LogP contribution >= 0.6 is 23.2 Å². The van der Waals surface area contributed by atoms with E-state index in [4.69, 9.17) is 23.2 Å². The number of nitrogens with one attached hydrogen (secondary N) is 1. The highest BCUT2D eigenvalue weighted by Gasteiger charge is 2.20. The minimum absolute atomic E-state index is 0.182. The molecule has 1 unspecified atom stereocenters. The summed E-state index contributed by atoms with van der Waals surface area (Å²) in [5.41, 5.74) is 3.74. The van der Waals surface area contributed by atoms with E-state index in [1.165, 1.54) is 32.2 Å². The van der Waals surface area contributed by atoms with Gasteiger partial charge in [-0.2, -0.15) is 0 Å². The van der Waals surface area contributed by atoms with Crippen LogP contribution in [0.1, 0.15) is 32.1 Å². The van der Waals surface area contributed by atoms with Gasteiger partial charge in [-0.1, -0.05) is 78.5 Å². The molecule has 6 heteroatoms. The second-order valence-corrected chi connectivity index (χ2v) is 10.3. The number of rotatable bonds is 6. The van der Waals surface area contributed by atoms with Crippen molar-refractivity contribution in [3.05, 3.63) is 82.8 Å². The van der Waals surface area contributed by atoms with E-state index in [2.05, 4.69) is 41.5 Å². The van der Waals surface area contributed by atoms with Crippen molar-refractivity contribution in [3.63, 3.8) is 0 Å². The first kappa shape index (κ1) is 25.6. The first-order valence-electron chi connectivity index (χ1n) is 12.4. The fourth-order valence-corrected chi connectivity index (χ4v) is 5.23. The van der Waals surface area contributed by atoms with Crippen LogP contribution in [0.4, 0.5) is 16.2 Å². The highest BCUT2D eigenvalue weighted by atomic mass is 35.5. The van der Waals surface area contributed by atoms with Gasteiger partial charge in [0.25, 0.3) is 0 Å². The van der Waals surface area contributed by atoms with Crippen LogP contribution < -0.4 is 10.2 Å². The molecule has 0 aromatic heterocycles. The average molecular weight is 511 g/mol. The van der Waals surface area contributed by atoms with Crippen molar-refractivity contribution in [2.24, 2.45) is 5.92 Å². The maximum atomic E-state index is 13.5. The van der Waals surface area contributed by atoms with Crippen molar-refractivity contribution >= 4 is 40.6 Å². The van der Waals surface area contributed by atoms with Crippen molar-refractivity contribution < 1.29 is 4.79 Å². The number of amides is 2. The third kappa shape index (κ3) is 7.47. The Kier molecular flexibility index (Phi) is 9.08. The lowest BCUT2D eigenvalue weighted by atomic mass is 9.93. The molecule has 3 aromatic carbocycles. The Morgan fingerprint density at radius 3 is 2.31 bits per heavy atom. The van der Waals surface area contributed by atoms with Gasteiger partial charge in [0.05, 0.1) is 0 Å². The van der Waals surface area contributed by atoms with Gasteiger partial charge in [-0.25, -0.2) is 4.79 Å². The van der Waals surface area contributed by atoms with Crippen molar-refractivity contribution in [1.82, 2.24) is 4.90 Å². The van der Waals surface area contributed by atoms with Gasteiger partial charge in [-0.15, -0.1) is 0 Å². The summed E-state index contributed by atoms with van der Waals surface area (Å²) < 4.78 is 0. The van der Waals surface area contributed by atoms with Crippen LogP contribution in [-0.4, -0.2) is 37.6 Å². The highest BCUT2D eigenvalue weighted by molar-refractivity contribution is 6.35. The van der Waals surface area contributed by atoms with Crippen LogP contribution in [0.25, 0.3) is 11.1 Å². The molecule has 1 heterocycles. The molecular weight excluding hydrogens is 477 g/mol. The van der Waals surface area contributed by atoms with E-state index in [0.29, 0.717) is 28.2 Å². The van der Waals surface area contributed by atoms with Gasteiger partial charge in [0.2, 0.25) is 0 Å². The summed E-state index contributed by atoms with van der Waals surface area (Å²) in [7, 11) is 2.20. The summed E-state index contributed by atoms with van der Waals surface area (Å²) in [6, 6.07) is 23.4. The zero-order valence-electron chi connectivity index (χ0n) is 20.2. The van der Waals surface area contributed by atoms with Crippen molar-refractivity contribution in [1.29, 1.82) is 0 Å². The molecule has 1 fully saturated rings. The van der Waals surface area contributed by atoms with Crippen LogP contribution in [0.2, 0.25) is 10.0 Å². The summed E-state index contributed by atoms with van der Waals surface area (Å²) in [4.78, 5) is 17.7. The van der Waals surface area contributed by atoms with Crippen molar-refractivity contribution in [2.45, 2.75) is 32.1 Å². The third-order valence-corrected chi connectivity index (χ3v) is 7.16. The molecule has 4 rings (SSSR count). The Labute approximate surface area is 218 Å². The Hall–Kier alpha value is -2.53. The van der Waals surface area contributed by atoms with Crippen LogP contribution in [0, 0.1) is 5.92 Å². The predicted octanol–water partition coefficient (Wildman–Crippen LogP) is 8.21. The maximum absolute atomic E-state index is 13.5. The molecule has 2 amide bonds. The number of anilines is 2. The van der Waals surface area contributed by atoms with E-state index < -0.39 is 0 Å². The summed E-state index contributed by atoms with van der Waals surface area (Å²) in [6.07, 6.45) is 5.85. The molecule has 184 valence electrons. The van der Waals surface area contributed by atoms with E-state index >= 15 is 0 Å². The number of carbonyl (C=O) groups excluding carboxylic acids is 1. The fraction of sp³-hybridized carbons (Fsp3) is 0.345. The smallest absolute Gasteiger partial charge is 0.307 e. The predicted molar refractivity (Wildman–Crippen MR) is 149 cm³/mol. The topological polar surface area (TPSA) is 35.6 Å². The molecule has 1 aliphatic heterocycles. The molecular formula is C29H33Cl2N3O. The number of nitrogens with zero attached hydrogens (tertiary/aromatic N) is 2. The molecule has 1 aliphatic rings. The molecule has 4 nitrogen and oxygen atoms in total. The van der Waals surface area contributed by atoms with E-state index in [1.54, 1.807) is 18.2 Å². The van der Waals surface area contributed by atoms with Gasteiger partial charge in [0.1, 0.15) is 0 Å². The lowest BCUT2D eigenvalue weighted by Gasteiger charge is -2.29. The first-order valence-corrected chi connectivity index (χ1v) is 13.1.